The Morgan fingerprint density at radius 1 is 1.23 bits per heavy atom. The van der Waals surface area contributed by atoms with E-state index in [1.54, 1.807) is 11.1 Å². The smallest absolute Gasteiger partial charge is 0.322 e. The van der Waals surface area contributed by atoms with Gasteiger partial charge >= 0.3 is 12.2 Å². The van der Waals surface area contributed by atoms with Crippen LogP contribution in [0.25, 0.3) is 0 Å². The van der Waals surface area contributed by atoms with Crippen LogP contribution in [0.2, 0.25) is 0 Å². The fourth-order valence-corrected chi connectivity index (χ4v) is 2.98. The van der Waals surface area contributed by atoms with E-state index >= 15 is 0 Å². The SMILES string of the molecule is CC(C)(c1ccc(NC(=O)N2CCC(n3cccn3)C2)cc1)C(F)(F)F. The van der Waals surface area contributed by atoms with Crippen molar-refractivity contribution in [2.24, 2.45) is 0 Å². The number of halogens is 3. The zero-order valence-corrected chi connectivity index (χ0v) is 14.6. The third-order valence-electron chi connectivity index (χ3n) is 4.92. The Labute approximate surface area is 149 Å². The van der Waals surface area contributed by atoms with Crippen molar-refractivity contribution >= 4 is 11.7 Å². The number of hydrogen-bond acceptors (Lipinski definition) is 2. The van der Waals surface area contributed by atoms with Crippen LogP contribution >= 0.6 is 0 Å². The standard InChI is InChI=1S/C18H21F3N4O/c1-17(2,18(19,20)21)13-4-6-14(7-5-13)23-16(26)24-11-8-15(12-24)25-10-3-9-22-25/h3-7,9-10,15H,8,11-12H2,1-2H3,(H,23,26). The molecule has 8 heteroatoms. The van der Waals surface area contributed by atoms with Crippen LogP contribution in [0.4, 0.5) is 23.7 Å². The van der Waals surface area contributed by atoms with Gasteiger partial charge in [-0.2, -0.15) is 18.3 Å². The number of aromatic nitrogens is 2. The highest BCUT2D eigenvalue weighted by molar-refractivity contribution is 5.89. The first-order valence-electron chi connectivity index (χ1n) is 8.41. The average Bonchev–Trinajstić information content (AvgIpc) is 3.25. The minimum absolute atomic E-state index is 0.144. The first kappa shape index (κ1) is 18.3. The molecule has 1 fully saturated rings. The summed E-state index contributed by atoms with van der Waals surface area (Å²) >= 11 is 0. The molecule has 3 rings (SSSR count). The van der Waals surface area contributed by atoms with Crippen molar-refractivity contribution in [3.05, 3.63) is 48.3 Å². The van der Waals surface area contributed by atoms with Gasteiger partial charge in [-0.05, 0) is 44.0 Å². The number of rotatable bonds is 3. The summed E-state index contributed by atoms with van der Waals surface area (Å²) in [6.45, 7) is 3.43. The van der Waals surface area contributed by atoms with Gasteiger partial charge in [-0.3, -0.25) is 4.68 Å². The summed E-state index contributed by atoms with van der Waals surface area (Å²) < 4.78 is 41.1. The van der Waals surface area contributed by atoms with E-state index in [0.29, 0.717) is 18.8 Å². The van der Waals surface area contributed by atoms with Gasteiger partial charge in [-0.25, -0.2) is 4.79 Å². The predicted molar refractivity (Wildman–Crippen MR) is 92.0 cm³/mol. The molecule has 2 heterocycles. The van der Waals surface area contributed by atoms with E-state index in [1.807, 2.05) is 16.9 Å². The molecule has 1 aliphatic heterocycles. The first-order chi connectivity index (χ1) is 12.2. The lowest BCUT2D eigenvalue weighted by atomic mass is 9.84. The fourth-order valence-electron chi connectivity index (χ4n) is 2.98. The third kappa shape index (κ3) is 3.54. The van der Waals surface area contributed by atoms with Crippen LogP contribution in [-0.2, 0) is 5.41 Å². The highest BCUT2D eigenvalue weighted by atomic mass is 19.4. The van der Waals surface area contributed by atoms with Crippen molar-refractivity contribution in [2.75, 3.05) is 18.4 Å². The number of nitrogens with zero attached hydrogens (tertiary/aromatic N) is 3. The summed E-state index contributed by atoms with van der Waals surface area (Å²) in [7, 11) is 0. The van der Waals surface area contributed by atoms with E-state index in [-0.39, 0.29) is 17.6 Å². The largest absolute Gasteiger partial charge is 0.397 e. The van der Waals surface area contributed by atoms with Gasteiger partial charge in [0.1, 0.15) is 0 Å². The summed E-state index contributed by atoms with van der Waals surface area (Å²) in [4.78, 5) is 14.1. The van der Waals surface area contributed by atoms with Crippen molar-refractivity contribution in [1.29, 1.82) is 0 Å². The molecule has 0 spiro atoms. The summed E-state index contributed by atoms with van der Waals surface area (Å²) in [5, 5.41) is 6.94. The Hall–Kier alpha value is -2.51. The number of amides is 2. The Kier molecular flexibility index (Phi) is 4.68. The Morgan fingerprint density at radius 2 is 1.92 bits per heavy atom. The van der Waals surface area contributed by atoms with E-state index in [1.165, 1.54) is 24.3 Å². The quantitative estimate of drug-likeness (QED) is 0.885. The van der Waals surface area contributed by atoms with Crippen LogP contribution in [0, 0.1) is 0 Å². The molecule has 0 bridgehead atoms. The van der Waals surface area contributed by atoms with Crippen molar-refractivity contribution in [1.82, 2.24) is 14.7 Å². The highest BCUT2D eigenvalue weighted by Crippen LogP contribution is 2.40. The van der Waals surface area contributed by atoms with Crippen LogP contribution in [0.3, 0.4) is 0 Å². The van der Waals surface area contributed by atoms with Crippen molar-refractivity contribution < 1.29 is 18.0 Å². The molecule has 0 radical (unpaired) electrons. The molecule has 26 heavy (non-hydrogen) atoms. The lowest BCUT2D eigenvalue weighted by Crippen LogP contribution is -2.36. The number of carbonyl (C=O) groups is 1. The van der Waals surface area contributed by atoms with Crippen LogP contribution in [0.15, 0.2) is 42.7 Å². The van der Waals surface area contributed by atoms with Crippen LogP contribution in [0.1, 0.15) is 31.9 Å². The summed E-state index contributed by atoms with van der Waals surface area (Å²) in [6.07, 6.45) is 0.0442. The number of urea groups is 1. The van der Waals surface area contributed by atoms with E-state index in [4.69, 9.17) is 0 Å². The zero-order valence-electron chi connectivity index (χ0n) is 14.6. The van der Waals surface area contributed by atoms with Crippen LogP contribution < -0.4 is 5.32 Å². The Bertz CT molecular complexity index is 754. The van der Waals surface area contributed by atoms with Gasteiger partial charge in [0, 0.05) is 31.2 Å². The molecule has 0 saturated carbocycles. The van der Waals surface area contributed by atoms with Crippen molar-refractivity contribution in [3.8, 4) is 0 Å². The van der Waals surface area contributed by atoms with Crippen molar-refractivity contribution in [3.63, 3.8) is 0 Å². The molecule has 1 N–H and O–H groups in total. The number of nitrogens with one attached hydrogen (secondary N) is 1. The lowest BCUT2D eigenvalue weighted by molar-refractivity contribution is -0.180. The maximum absolute atomic E-state index is 13.1. The Morgan fingerprint density at radius 3 is 2.50 bits per heavy atom. The van der Waals surface area contributed by atoms with E-state index < -0.39 is 11.6 Å². The molecule has 140 valence electrons. The van der Waals surface area contributed by atoms with Gasteiger partial charge in [0.15, 0.2) is 0 Å². The van der Waals surface area contributed by atoms with Gasteiger partial charge < -0.3 is 10.2 Å². The van der Waals surface area contributed by atoms with Gasteiger partial charge in [0.05, 0.1) is 11.5 Å². The van der Waals surface area contributed by atoms with E-state index in [2.05, 4.69) is 10.4 Å². The number of benzene rings is 1. The highest BCUT2D eigenvalue weighted by Gasteiger charge is 2.48. The average molecular weight is 366 g/mol. The second-order valence-corrected chi connectivity index (χ2v) is 7.00. The molecule has 1 unspecified atom stereocenters. The fraction of sp³-hybridized carbons (Fsp3) is 0.444. The molecule has 1 aromatic heterocycles. The molecule has 0 aliphatic carbocycles. The number of anilines is 1. The van der Waals surface area contributed by atoms with E-state index in [9.17, 15) is 18.0 Å². The van der Waals surface area contributed by atoms with Gasteiger partial charge in [-0.1, -0.05) is 12.1 Å². The molecule has 1 saturated heterocycles. The van der Waals surface area contributed by atoms with E-state index in [0.717, 1.165) is 20.3 Å². The molecule has 5 nitrogen and oxygen atoms in total. The monoisotopic (exact) mass is 366 g/mol. The molecular weight excluding hydrogens is 345 g/mol. The molecule has 1 aromatic carbocycles. The second kappa shape index (κ2) is 6.66. The number of alkyl halides is 3. The second-order valence-electron chi connectivity index (χ2n) is 7.00. The molecule has 1 aliphatic rings. The van der Waals surface area contributed by atoms with Crippen molar-refractivity contribution in [2.45, 2.75) is 37.9 Å². The minimum Gasteiger partial charge on any atom is -0.322 e. The summed E-state index contributed by atoms with van der Waals surface area (Å²) in [5.74, 6) is 0. The first-order valence-corrected chi connectivity index (χ1v) is 8.41. The predicted octanol–water partition coefficient (Wildman–Crippen LogP) is 4.20. The number of carbonyl (C=O) groups excluding carboxylic acids is 1. The van der Waals surface area contributed by atoms with Gasteiger partial charge in [0.25, 0.3) is 0 Å². The third-order valence-corrected chi connectivity index (χ3v) is 4.92. The molecule has 2 aromatic rings. The van der Waals surface area contributed by atoms with Gasteiger partial charge in [-0.15, -0.1) is 0 Å². The maximum atomic E-state index is 13.1. The minimum atomic E-state index is -4.34. The lowest BCUT2D eigenvalue weighted by Gasteiger charge is -2.28. The molecule has 1 atom stereocenters. The Balaban J connectivity index is 1.62. The van der Waals surface area contributed by atoms with Gasteiger partial charge in [0.2, 0.25) is 0 Å². The zero-order chi connectivity index (χ0) is 18.9. The summed E-state index contributed by atoms with van der Waals surface area (Å²) in [6, 6.07) is 7.53. The number of likely N-dealkylation sites (tertiary alicyclic amines) is 1. The topological polar surface area (TPSA) is 50.2 Å². The maximum Gasteiger partial charge on any atom is 0.397 e. The molecular formula is C18H21F3N4O. The normalized spacial score (nSPS) is 18.2. The molecule has 2 amide bonds. The van der Waals surface area contributed by atoms with Crippen LogP contribution in [0.5, 0.6) is 0 Å². The number of hydrogen-bond donors (Lipinski definition) is 1. The van der Waals surface area contributed by atoms with Crippen LogP contribution in [-0.4, -0.2) is 40.0 Å². The summed E-state index contributed by atoms with van der Waals surface area (Å²) in [5.41, 5.74) is -1.32.